The summed E-state index contributed by atoms with van der Waals surface area (Å²) in [7, 11) is 0. The van der Waals surface area contributed by atoms with Gasteiger partial charge >= 0.3 is 0 Å². The molecule has 6 heteroatoms. The van der Waals surface area contributed by atoms with Gasteiger partial charge in [0.1, 0.15) is 11.6 Å². The summed E-state index contributed by atoms with van der Waals surface area (Å²) in [5.41, 5.74) is 0.723. The van der Waals surface area contributed by atoms with Crippen LogP contribution in [0.3, 0.4) is 0 Å². The van der Waals surface area contributed by atoms with Gasteiger partial charge in [0.2, 0.25) is 5.91 Å². The zero-order chi connectivity index (χ0) is 18.3. The highest BCUT2D eigenvalue weighted by Gasteiger charge is 2.46. The summed E-state index contributed by atoms with van der Waals surface area (Å²) in [6.45, 7) is 2.67. The first-order valence-electron chi connectivity index (χ1n) is 10.4. The molecule has 1 saturated carbocycles. The van der Waals surface area contributed by atoms with E-state index >= 15 is 0 Å². The fraction of sp³-hybridized carbons (Fsp3) is 0.619. The zero-order valence-electron chi connectivity index (χ0n) is 15.8. The van der Waals surface area contributed by atoms with E-state index in [0.717, 1.165) is 88.2 Å². The van der Waals surface area contributed by atoms with Crippen molar-refractivity contribution in [1.29, 1.82) is 0 Å². The third-order valence-corrected chi connectivity index (χ3v) is 6.79. The second-order valence-corrected chi connectivity index (χ2v) is 8.35. The van der Waals surface area contributed by atoms with Crippen molar-refractivity contribution in [3.8, 4) is 0 Å². The van der Waals surface area contributed by atoms with Crippen LogP contribution in [0.1, 0.15) is 68.1 Å². The Kier molecular flexibility index (Phi) is 4.21. The molecule has 0 bridgehead atoms. The normalized spacial score (nSPS) is 24.1. The highest BCUT2D eigenvalue weighted by Crippen LogP contribution is 2.43. The van der Waals surface area contributed by atoms with Gasteiger partial charge in [0.15, 0.2) is 0 Å². The molecule has 6 nitrogen and oxygen atoms in total. The molecule has 2 aliphatic heterocycles. The lowest BCUT2D eigenvalue weighted by Crippen LogP contribution is -2.49. The van der Waals surface area contributed by atoms with Gasteiger partial charge in [-0.3, -0.25) is 9.78 Å². The van der Waals surface area contributed by atoms with Crippen LogP contribution in [0.2, 0.25) is 0 Å². The number of hydrogen-bond acceptors (Lipinski definition) is 4. The van der Waals surface area contributed by atoms with Crippen molar-refractivity contribution in [3.05, 3.63) is 41.7 Å². The van der Waals surface area contributed by atoms with Crippen molar-refractivity contribution in [2.75, 3.05) is 13.1 Å². The molecule has 0 N–H and O–H groups in total. The average Bonchev–Trinajstić information content (AvgIpc) is 3.45. The van der Waals surface area contributed by atoms with Gasteiger partial charge in [-0.15, -0.1) is 10.2 Å². The topological polar surface area (TPSA) is 63.9 Å². The summed E-state index contributed by atoms with van der Waals surface area (Å²) in [4.78, 5) is 20.1. The third-order valence-electron chi connectivity index (χ3n) is 6.79. The predicted molar refractivity (Wildman–Crippen MR) is 101 cm³/mol. The van der Waals surface area contributed by atoms with E-state index in [1.54, 1.807) is 6.20 Å². The standard InChI is InChI=1S/C21H27N5O/c27-20(21(9-1-2-10-21)17-7-3-11-22-14-17)25-12-4-6-16(15-25)19-24-23-18-8-5-13-26(18)19/h3,7,11,14,16H,1-2,4-6,8-10,12-13,15H2. The molecule has 2 aromatic heterocycles. The number of fused-ring (bicyclic) bond motifs is 1. The molecule has 1 saturated heterocycles. The zero-order valence-corrected chi connectivity index (χ0v) is 15.8. The molecule has 0 aromatic carbocycles. The van der Waals surface area contributed by atoms with Crippen LogP contribution in [0.15, 0.2) is 24.5 Å². The van der Waals surface area contributed by atoms with E-state index in [9.17, 15) is 4.79 Å². The lowest BCUT2D eigenvalue weighted by atomic mass is 9.77. The Balaban J connectivity index is 1.41. The largest absolute Gasteiger partial charge is 0.341 e. The summed E-state index contributed by atoms with van der Waals surface area (Å²) in [5, 5.41) is 8.88. The van der Waals surface area contributed by atoms with Gasteiger partial charge in [-0.1, -0.05) is 18.9 Å². The van der Waals surface area contributed by atoms with Crippen LogP contribution in [0, 0.1) is 0 Å². The van der Waals surface area contributed by atoms with Crippen LogP contribution in [-0.2, 0) is 23.2 Å². The summed E-state index contributed by atoms with van der Waals surface area (Å²) in [5.74, 6) is 2.84. The van der Waals surface area contributed by atoms with Gasteiger partial charge in [0.25, 0.3) is 0 Å². The van der Waals surface area contributed by atoms with Crippen LogP contribution >= 0.6 is 0 Å². The number of carbonyl (C=O) groups is 1. The molecule has 1 atom stereocenters. The Morgan fingerprint density at radius 1 is 1.11 bits per heavy atom. The molecule has 0 radical (unpaired) electrons. The van der Waals surface area contributed by atoms with Gasteiger partial charge < -0.3 is 9.47 Å². The molecule has 0 spiro atoms. The van der Waals surface area contributed by atoms with Crippen molar-refractivity contribution in [3.63, 3.8) is 0 Å². The summed E-state index contributed by atoms with van der Waals surface area (Å²) in [6, 6.07) is 4.05. The van der Waals surface area contributed by atoms with Crippen LogP contribution in [0.25, 0.3) is 0 Å². The number of aryl methyl sites for hydroxylation is 1. The first-order valence-corrected chi connectivity index (χ1v) is 10.4. The Hall–Kier alpha value is -2.24. The predicted octanol–water partition coefficient (Wildman–Crippen LogP) is 2.84. The van der Waals surface area contributed by atoms with Gasteiger partial charge in [-0.05, 0) is 43.7 Å². The molecule has 3 aliphatic rings. The van der Waals surface area contributed by atoms with E-state index in [-0.39, 0.29) is 5.41 Å². The Labute approximate surface area is 160 Å². The van der Waals surface area contributed by atoms with Crippen molar-refractivity contribution in [2.24, 2.45) is 0 Å². The Morgan fingerprint density at radius 3 is 2.81 bits per heavy atom. The van der Waals surface area contributed by atoms with Gasteiger partial charge in [0, 0.05) is 44.4 Å². The number of amides is 1. The highest BCUT2D eigenvalue weighted by molar-refractivity contribution is 5.88. The first-order chi connectivity index (χ1) is 13.3. The average molecular weight is 365 g/mol. The minimum atomic E-state index is -0.372. The molecule has 2 aromatic rings. The number of piperidine rings is 1. The molecule has 1 amide bonds. The maximum absolute atomic E-state index is 13.7. The molecule has 142 valence electrons. The van der Waals surface area contributed by atoms with E-state index in [1.165, 1.54) is 0 Å². The quantitative estimate of drug-likeness (QED) is 0.839. The minimum absolute atomic E-state index is 0.305. The number of rotatable bonds is 3. The maximum atomic E-state index is 13.7. The fourth-order valence-electron chi connectivity index (χ4n) is 5.40. The van der Waals surface area contributed by atoms with Crippen LogP contribution in [0.4, 0.5) is 0 Å². The molecular formula is C21H27N5O. The molecular weight excluding hydrogens is 338 g/mol. The second-order valence-electron chi connectivity index (χ2n) is 8.35. The monoisotopic (exact) mass is 365 g/mol. The molecule has 1 unspecified atom stereocenters. The van der Waals surface area contributed by atoms with Crippen molar-refractivity contribution >= 4 is 5.91 Å². The summed E-state index contributed by atoms with van der Waals surface area (Å²) >= 11 is 0. The molecule has 1 aliphatic carbocycles. The third kappa shape index (κ3) is 2.77. The Morgan fingerprint density at radius 2 is 2.00 bits per heavy atom. The first kappa shape index (κ1) is 16.9. The highest BCUT2D eigenvalue weighted by atomic mass is 16.2. The van der Waals surface area contributed by atoms with E-state index in [1.807, 2.05) is 12.3 Å². The van der Waals surface area contributed by atoms with E-state index in [0.29, 0.717) is 11.8 Å². The number of nitrogens with zero attached hydrogens (tertiary/aromatic N) is 5. The van der Waals surface area contributed by atoms with Gasteiger partial charge in [-0.25, -0.2) is 0 Å². The maximum Gasteiger partial charge on any atom is 0.233 e. The van der Waals surface area contributed by atoms with Crippen LogP contribution < -0.4 is 0 Å². The lowest BCUT2D eigenvalue weighted by molar-refractivity contribution is -0.138. The lowest BCUT2D eigenvalue weighted by Gasteiger charge is -2.39. The minimum Gasteiger partial charge on any atom is -0.341 e. The van der Waals surface area contributed by atoms with Gasteiger partial charge in [0.05, 0.1) is 5.41 Å². The van der Waals surface area contributed by atoms with Crippen molar-refractivity contribution in [2.45, 2.75) is 69.2 Å². The van der Waals surface area contributed by atoms with E-state index in [4.69, 9.17) is 0 Å². The van der Waals surface area contributed by atoms with Crippen molar-refractivity contribution < 1.29 is 4.79 Å². The number of aromatic nitrogens is 4. The van der Waals surface area contributed by atoms with Crippen LogP contribution in [0.5, 0.6) is 0 Å². The summed E-state index contributed by atoms with van der Waals surface area (Å²) in [6.07, 6.45) is 12.2. The number of carbonyl (C=O) groups excluding carboxylic acids is 1. The van der Waals surface area contributed by atoms with E-state index < -0.39 is 0 Å². The van der Waals surface area contributed by atoms with Crippen LogP contribution in [-0.4, -0.2) is 43.6 Å². The molecule has 27 heavy (non-hydrogen) atoms. The SMILES string of the molecule is O=C(N1CCCC(c2nnc3n2CCC3)C1)C1(c2cccnc2)CCCC1. The smallest absolute Gasteiger partial charge is 0.233 e. The van der Waals surface area contributed by atoms with Crippen molar-refractivity contribution in [1.82, 2.24) is 24.6 Å². The van der Waals surface area contributed by atoms with Gasteiger partial charge in [-0.2, -0.15) is 0 Å². The second kappa shape index (κ2) is 6.73. The number of hydrogen-bond donors (Lipinski definition) is 0. The number of likely N-dealkylation sites (tertiary alicyclic amines) is 1. The summed E-state index contributed by atoms with van der Waals surface area (Å²) < 4.78 is 2.30. The number of pyridine rings is 1. The molecule has 5 rings (SSSR count). The fourth-order valence-corrected chi connectivity index (χ4v) is 5.40. The van der Waals surface area contributed by atoms with E-state index in [2.05, 4.69) is 30.7 Å². The Bertz CT molecular complexity index is 824. The molecule has 4 heterocycles. The molecule has 2 fully saturated rings.